The van der Waals surface area contributed by atoms with Gasteiger partial charge in [-0.25, -0.2) is 4.79 Å². The summed E-state index contributed by atoms with van der Waals surface area (Å²) in [5.74, 6) is 0. The van der Waals surface area contributed by atoms with Gasteiger partial charge in [0.2, 0.25) is 0 Å². The number of nitrogens with zero attached hydrogens (tertiary/aromatic N) is 3. The van der Waals surface area contributed by atoms with Crippen molar-refractivity contribution >= 4 is 11.7 Å². The second kappa shape index (κ2) is 4.90. The summed E-state index contributed by atoms with van der Waals surface area (Å²) in [5, 5.41) is 12.1. The molecule has 0 aliphatic carbocycles. The molecule has 1 N–H and O–H groups in total. The molecule has 0 radical (unpaired) electrons. The number of hydrogen-bond acceptors (Lipinski definition) is 3. The third-order valence-electron chi connectivity index (χ3n) is 3.82. The zero-order valence-corrected chi connectivity index (χ0v) is 10.7. The molecule has 1 unspecified atom stereocenters. The molecule has 98 valence electrons. The van der Waals surface area contributed by atoms with Crippen LogP contribution in [0.25, 0.3) is 0 Å². The van der Waals surface area contributed by atoms with E-state index in [1.807, 2.05) is 21.9 Å². The van der Waals surface area contributed by atoms with Gasteiger partial charge in [0.25, 0.3) is 0 Å². The van der Waals surface area contributed by atoms with E-state index >= 15 is 0 Å². The molecule has 5 heteroatoms. The van der Waals surface area contributed by atoms with Gasteiger partial charge in [0, 0.05) is 37.9 Å². The van der Waals surface area contributed by atoms with Crippen molar-refractivity contribution in [3.8, 4) is 6.07 Å². The number of carbonyl (C=O) groups is 1. The van der Waals surface area contributed by atoms with Gasteiger partial charge in [0.05, 0.1) is 11.6 Å². The monoisotopic (exact) mass is 256 g/mol. The van der Waals surface area contributed by atoms with Gasteiger partial charge in [-0.15, -0.1) is 0 Å². The van der Waals surface area contributed by atoms with Crippen molar-refractivity contribution in [1.29, 1.82) is 5.26 Å². The Morgan fingerprint density at radius 2 is 2.05 bits per heavy atom. The van der Waals surface area contributed by atoms with Crippen LogP contribution in [0, 0.1) is 11.3 Å². The Morgan fingerprint density at radius 3 is 2.79 bits per heavy atom. The van der Waals surface area contributed by atoms with E-state index in [-0.39, 0.29) is 6.03 Å². The van der Waals surface area contributed by atoms with Crippen LogP contribution in [0.2, 0.25) is 0 Å². The predicted octanol–water partition coefficient (Wildman–Crippen LogP) is 1.16. The van der Waals surface area contributed by atoms with Crippen LogP contribution in [0.15, 0.2) is 24.3 Å². The quantitative estimate of drug-likeness (QED) is 0.820. The lowest BCUT2D eigenvalue weighted by atomic mass is 10.1. The van der Waals surface area contributed by atoms with Gasteiger partial charge < -0.3 is 10.2 Å². The molecule has 2 amide bonds. The van der Waals surface area contributed by atoms with Crippen LogP contribution in [0.4, 0.5) is 10.5 Å². The fourth-order valence-electron chi connectivity index (χ4n) is 2.75. The van der Waals surface area contributed by atoms with E-state index in [0.717, 1.165) is 38.3 Å². The number of anilines is 1. The molecule has 0 saturated carbocycles. The molecule has 19 heavy (non-hydrogen) atoms. The number of nitrogens with one attached hydrogen (secondary N) is 1. The molecule has 2 saturated heterocycles. The maximum Gasteiger partial charge on any atom is 0.324 e. The summed E-state index contributed by atoms with van der Waals surface area (Å²) in [6.07, 6.45) is 0.985. The summed E-state index contributed by atoms with van der Waals surface area (Å²) in [7, 11) is 0. The van der Waals surface area contributed by atoms with Crippen LogP contribution < -0.4 is 10.2 Å². The Hall–Kier alpha value is -2.06. The Balaban J connectivity index is 1.81. The largest absolute Gasteiger partial charge is 0.324 e. The second-order valence-electron chi connectivity index (χ2n) is 4.93. The lowest BCUT2D eigenvalue weighted by molar-refractivity contribution is 0.147. The third-order valence-corrected chi connectivity index (χ3v) is 3.82. The van der Waals surface area contributed by atoms with Crippen molar-refractivity contribution < 1.29 is 4.79 Å². The van der Waals surface area contributed by atoms with Crippen molar-refractivity contribution in [2.24, 2.45) is 0 Å². The van der Waals surface area contributed by atoms with Crippen molar-refractivity contribution in [2.45, 2.75) is 12.5 Å². The summed E-state index contributed by atoms with van der Waals surface area (Å²) in [5.41, 5.74) is 1.49. The number of hydrogen-bond donors (Lipinski definition) is 1. The van der Waals surface area contributed by atoms with E-state index in [1.165, 1.54) is 0 Å². The highest BCUT2D eigenvalue weighted by molar-refractivity contribution is 5.93. The first-order valence-electron chi connectivity index (χ1n) is 6.58. The summed E-state index contributed by atoms with van der Waals surface area (Å²) >= 11 is 0. The zero-order valence-electron chi connectivity index (χ0n) is 10.7. The van der Waals surface area contributed by atoms with Crippen LogP contribution in [-0.2, 0) is 0 Å². The van der Waals surface area contributed by atoms with Gasteiger partial charge >= 0.3 is 6.03 Å². The predicted molar refractivity (Wildman–Crippen MR) is 71.9 cm³/mol. The number of piperazine rings is 1. The summed E-state index contributed by atoms with van der Waals surface area (Å²) in [4.78, 5) is 16.2. The minimum atomic E-state index is 0.0856. The van der Waals surface area contributed by atoms with Gasteiger partial charge in [-0.2, -0.15) is 5.26 Å². The van der Waals surface area contributed by atoms with Crippen LogP contribution in [0.5, 0.6) is 0 Å². The SMILES string of the molecule is N#Cc1ccc(N2CCC3CNCCN3C2=O)cc1. The number of benzene rings is 1. The minimum absolute atomic E-state index is 0.0856. The molecule has 0 bridgehead atoms. The highest BCUT2D eigenvalue weighted by atomic mass is 16.2. The van der Waals surface area contributed by atoms with E-state index < -0.39 is 0 Å². The Labute approximate surface area is 112 Å². The molecular formula is C14H16N4O. The molecule has 0 spiro atoms. The fourth-order valence-corrected chi connectivity index (χ4v) is 2.75. The third kappa shape index (κ3) is 2.15. The number of nitriles is 1. The van der Waals surface area contributed by atoms with Gasteiger partial charge in [-0.05, 0) is 30.7 Å². The van der Waals surface area contributed by atoms with Crippen molar-refractivity contribution in [2.75, 3.05) is 31.1 Å². The first kappa shape index (κ1) is 12.0. The van der Waals surface area contributed by atoms with Crippen molar-refractivity contribution in [3.05, 3.63) is 29.8 Å². The number of urea groups is 1. The summed E-state index contributed by atoms with van der Waals surface area (Å²) in [6, 6.07) is 9.71. The van der Waals surface area contributed by atoms with Gasteiger partial charge in [-0.1, -0.05) is 0 Å². The normalized spacial score (nSPS) is 22.9. The fraction of sp³-hybridized carbons (Fsp3) is 0.429. The average molecular weight is 256 g/mol. The Morgan fingerprint density at radius 1 is 1.26 bits per heavy atom. The number of fused-ring (bicyclic) bond motifs is 1. The zero-order chi connectivity index (χ0) is 13.2. The van der Waals surface area contributed by atoms with E-state index in [1.54, 1.807) is 12.1 Å². The number of rotatable bonds is 1. The molecule has 1 atom stereocenters. The topological polar surface area (TPSA) is 59.4 Å². The van der Waals surface area contributed by atoms with Gasteiger partial charge in [-0.3, -0.25) is 4.90 Å². The Kier molecular flexibility index (Phi) is 3.10. The smallest absolute Gasteiger partial charge is 0.319 e. The van der Waals surface area contributed by atoms with Crippen LogP contribution in [0.3, 0.4) is 0 Å². The standard InChI is InChI=1S/C14H16N4O/c15-9-11-1-3-12(4-2-11)17-7-5-13-10-16-6-8-18(13)14(17)19/h1-4,13,16H,5-8,10H2. The van der Waals surface area contributed by atoms with Gasteiger partial charge in [0.15, 0.2) is 0 Å². The number of amides is 2. The molecule has 2 aliphatic heterocycles. The van der Waals surface area contributed by atoms with E-state index in [2.05, 4.69) is 11.4 Å². The molecular weight excluding hydrogens is 240 g/mol. The maximum absolute atomic E-state index is 12.5. The molecule has 1 aromatic carbocycles. The first-order chi connectivity index (χ1) is 9.29. The summed E-state index contributed by atoms with van der Waals surface area (Å²) in [6.45, 7) is 3.28. The van der Waals surface area contributed by atoms with Crippen molar-refractivity contribution in [1.82, 2.24) is 10.2 Å². The number of carbonyl (C=O) groups excluding carboxylic acids is 1. The highest BCUT2D eigenvalue weighted by Gasteiger charge is 2.35. The van der Waals surface area contributed by atoms with Crippen LogP contribution in [-0.4, -0.2) is 43.2 Å². The minimum Gasteiger partial charge on any atom is -0.319 e. The summed E-state index contributed by atoms with van der Waals surface area (Å²) < 4.78 is 0. The molecule has 1 aromatic rings. The lowest BCUT2D eigenvalue weighted by Crippen LogP contribution is -2.61. The molecule has 3 rings (SSSR count). The van der Waals surface area contributed by atoms with E-state index in [9.17, 15) is 4.79 Å². The van der Waals surface area contributed by atoms with Crippen LogP contribution >= 0.6 is 0 Å². The van der Waals surface area contributed by atoms with Crippen molar-refractivity contribution in [3.63, 3.8) is 0 Å². The van der Waals surface area contributed by atoms with Gasteiger partial charge in [0.1, 0.15) is 0 Å². The molecule has 2 fully saturated rings. The first-order valence-corrected chi connectivity index (χ1v) is 6.58. The average Bonchev–Trinajstić information content (AvgIpc) is 2.48. The highest BCUT2D eigenvalue weighted by Crippen LogP contribution is 2.24. The van der Waals surface area contributed by atoms with E-state index in [0.29, 0.717) is 11.6 Å². The molecule has 2 heterocycles. The van der Waals surface area contributed by atoms with Crippen LogP contribution in [0.1, 0.15) is 12.0 Å². The van der Waals surface area contributed by atoms with E-state index in [4.69, 9.17) is 5.26 Å². The maximum atomic E-state index is 12.5. The lowest BCUT2D eigenvalue weighted by Gasteiger charge is -2.44. The molecule has 2 aliphatic rings. The second-order valence-corrected chi connectivity index (χ2v) is 4.93. The molecule has 5 nitrogen and oxygen atoms in total. The molecule has 0 aromatic heterocycles. The Bertz CT molecular complexity index is 519.